The van der Waals surface area contributed by atoms with E-state index in [-0.39, 0.29) is 16.7 Å². The Labute approximate surface area is 153 Å². The summed E-state index contributed by atoms with van der Waals surface area (Å²) in [5.74, 6) is -1.66. The molecule has 3 aromatic rings. The van der Waals surface area contributed by atoms with E-state index in [1.807, 2.05) is 13.0 Å². The zero-order chi connectivity index (χ0) is 18.7. The van der Waals surface area contributed by atoms with Crippen molar-refractivity contribution in [1.82, 2.24) is 4.57 Å². The van der Waals surface area contributed by atoms with Gasteiger partial charge in [-0.15, -0.1) is 11.8 Å². The van der Waals surface area contributed by atoms with Gasteiger partial charge in [0.2, 0.25) is 0 Å². The summed E-state index contributed by atoms with van der Waals surface area (Å²) in [5.41, 5.74) is 0.291. The van der Waals surface area contributed by atoms with Crippen LogP contribution in [0.4, 0.5) is 8.78 Å². The minimum Gasteiger partial charge on any atom is -0.288 e. The van der Waals surface area contributed by atoms with E-state index in [2.05, 4.69) is 0 Å². The van der Waals surface area contributed by atoms with Crippen LogP contribution in [0, 0.1) is 11.6 Å². The molecule has 1 heterocycles. The van der Waals surface area contributed by atoms with Crippen LogP contribution in [0.2, 0.25) is 0 Å². The minimum atomic E-state index is -0.931. The van der Waals surface area contributed by atoms with Crippen molar-refractivity contribution >= 4 is 17.5 Å². The Balaban J connectivity index is 2.22. The molecule has 0 saturated heterocycles. The van der Waals surface area contributed by atoms with Crippen LogP contribution in [0.1, 0.15) is 22.8 Å². The van der Waals surface area contributed by atoms with Gasteiger partial charge in [-0.1, -0.05) is 25.1 Å². The Morgan fingerprint density at radius 3 is 2.35 bits per heavy atom. The third kappa shape index (κ3) is 3.46. The average molecular weight is 371 g/mol. The number of halogens is 2. The molecule has 132 valence electrons. The molecule has 0 aliphatic carbocycles. The maximum absolute atomic E-state index is 14.1. The van der Waals surface area contributed by atoms with E-state index in [0.717, 1.165) is 12.1 Å². The fourth-order valence-corrected chi connectivity index (χ4v) is 3.53. The SMILES string of the molecule is CCSc1c(C(=O)c2ccc(F)cc2F)ccc(=O)n1-c1ccccc1. The number of carbonyl (C=O) groups is 1. The number of hydrogen-bond donors (Lipinski definition) is 0. The number of para-hydroxylation sites is 1. The summed E-state index contributed by atoms with van der Waals surface area (Å²) < 4.78 is 28.7. The van der Waals surface area contributed by atoms with Gasteiger partial charge in [-0.25, -0.2) is 8.78 Å². The molecule has 0 unspecified atom stereocenters. The van der Waals surface area contributed by atoms with Crippen LogP contribution in [-0.4, -0.2) is 16.1 Å². The highest BCUT2D eigenvalue weighted by Gasteiger charge is 2.21. The molecule has 0 atom stereocenters. The van der Waals surface area contributed by atoms with Crippen LogP contribution in [0.5, 0.6) is 0 Å². The third-order valence-corrected chi connectivity index (χ3v) is 4.73. The molecule has 0 amide bonds. The average Bonchev–Trinajstić information content (AvgIpc) is 2.62. The molecule has 0 radical (unpaired) electrons. The highest BCUT2D eigenvalue weighted by atomic mass is 32.2. The lowest BCUT2D eigenvalue weighted by molar-refractivity contribution is 0.103. The number of rotatable bonds is 5. The summed E-state index contributed by atoms with van der Waals surface area (Å²) in [6, 6.07) is 14.4. The monoisotopic (exact) mass is 371 g/mol. The van der Waals surface area contributed by atoms with Gasteiger partial charge in [0.25, 0.3) is 5.56 Å². The van der Waals surface area contributed by atoms with E-state index >= 15 is 0 Å². The van der Waals surface area contributed by atoms with Crippen molar-refractivity contribution in [3.8, 4) is 5.69 Å². The maximum Gasteiger partial charge on any atom is 0.255 e. The summed E-state index contributed by atoms with van der Waals surface area (Å²) >= 11 is 1.32. The molecule has 2 aromatic carbocycles. The summed E-state index contributed by atoms with van der Waals surface area (Å²) in [5, 5.41) is 0.430. The highest BCUT2D eigenvalue weighted by molar-refractivity contribution is 7.99. The molecule has 26 heavy (non-hydrogen) atoms. The number of hydrogen-bond acceptors (Lipinski definition) is 3. The van der Waals surface area contributed by atoms with Crippen LogP contribution in [0.3, 0.4) is 0 Å². The quantitative estimate of drug-likeness (QED) is 0.491. The van der Waals surface area contributed by atoms with E-state index in [0.29, 0.717) is 22.5 Å². The van der Waals surface area contributed by atoms with Crippen molar-refractivity contribution in [2.75, 3.05) is 5.75 Å². The standard InChI is InChI=1S/C20H15F2NO2S/c1-2-26-20-16(19(25)15-9-8-13(21)12-17(15)22)10-11-18(24)23(20)14-6-4-3-5-7-14/h3-12H,2H2,1H3. The lowest BCUT2D eigenvalue weighted by Gasteiger charge is -2.16. The van der Waals surface area contributed by atoms with Crippen molar-refractivity contribution in [2.24, 2.45) is 0 Å². The van der Waals surface area contributed by atoms with E-state index < -0.39 is 17.4 Å². The molecule has 0 aliphatic heterocycles. The molecule has 0 N–H and O–H groups in total. The first-order valence-corrected chi connectivity index (χ1v) is 8.95. The van der Waals surface area contributed by atoms with Gasteiger partial charge in [-0.05, 0) is 36.1 Å². The Kier molecular flexibility index (Phi) is 5.32. The van der Waals surface area contributed by atoms with Crippen molar-refractivity contribution in [3.63, 3.8) is 0 Å². The molecule has 0 aliphatic rings. The first-order valence-electron chi connectivity index (χ1n) is 7.97. The second kappa shape index (κ2) is 7.66. The molecular weight excluding hydrogens is 356 g/mol. The molecule has 1 aromatic heterocycles. The topological polar surface area (TPSA) is 39.1 Å². The largest absolute Gasteiger partial charge is 0.288 e. The predicted molar refractivity (Wildman–Crippen MR) is 98.2 cm³/mol. The Hall–Kier alpha value is -2.73. The molecule has 3 rings (SSSR count). The van der Waals surface area contributed by atoms with Crippen LogP contribution in [0.25, 0.3) is 5.69 Å². The lowest BCUT2D eigenvalue weighted by Crippen LogP contribution is -2.22. The van der Waals surface area contributed by atoms with Gasteiger partial charge in [-0.2, -0.15) is 0 Å². The van der Waals surface area contributed by atoms with Gasteiger partial charge >= 0.3 is 0 Å². The second-order valence-corrected chi connectivity index (χ2v) is 6.70. The second-order valence-electron chi connectivity index (χ2n) is 5.45. The number of pyridine rings is 1. The number of carbonyl (C=O) groups excluding carboxylic acids is 1. The van der Waals surface area contributed by atoms with Crippen LogP contribution in [0.15, 0.2) is 70.5 Å². The fraction of sp³-hybridized carbons (Fsp3) is 0.100. The van der Waals surface area contributed by atoms with Gasteiger partial charge in [-0.3, -0.25) is 14.2 Å². The minimum absolute atomic E-state index is 0.200. The Morgan fingerprint density at radius 2 is 1.69 bits per heavy atom. The normalized spacial score (nSPS) is 10.7. The smallest absolute Gasteiger partial charge is 0.255 e. The molecule has 6 heteroatoms. The lowest BCUT2D eigenvalue weighted by atomic mass is 10.0. The number of ketones is 1. The molecule has 0 spiro atoms. The number of thioether (sulfide) groups is 1. The number of aromatic nitrogens is 1. The fourth-order valence-electron chi connectivity index (χ4n) is 2.61. The van der Waals surface area contributed by atoms with E-state index in [4.69, 9.17) is 0 Å². The van der Waals surface area contributed by atoms with Gasteiger partial charge in [0.05, 0.1) is 16.2 Å². The van der Waals surface area contributed by atoms with E-state index in [1.54, 1.807) is 24.3 Å². The number of nitrogens with zero attached hydrogens (tertiary/aromatic N) is 1. The van der Waals surface area contributed by atoms with Crippen LogP contribution in [-0.2, 0) is 0 Å². The van der Waals surface area contributed by atoms with Crippen molar-refractivity contribution in [3.05, 3.63) is 93.8 Å². The van der Waals surface area contributed by atoms with Gasteiger partial charge in [0.1, 0.15) is 11.6 Å². The van der Waals surface area contributed by atoms with Gasteiger partial charge in [0.15, 0.2) is 5.78 Å². The molecule has 0 fully saturated rings. The summed E-state index contributed by atoms with van der Waals surface area (Å²) in [6.07, 6.45) is 0. The Morgan fingerprint density at radius 1 is 1.00 bits per heavy atom. The molecular formula is C20H15F2NO2S. The van der Waals surface area contributed by atoms with Crippen LogP contribution >= 0.6 is 11.8 Å². The summed E-state index contributed by atoms with van der Waals surface area (Å²) in [4.78, 5) is 25.3. The van der Waals surface area contributed by atoms with E-state index in [1.165, 1.54) is 28.5 Å². The van der Waals surface area contributed by atoms with Crippen LogP contribution < -0.4 is 5.56 Å². The van der Waals surface area contributed by atoms with Gasteiger partial charge in [0, 0.05) is 17.8 Å². The zero-order valence-corrected chi connectivity index (χ0v) is 14.7. The van der Waals surface area contributed by atoms with Crippen molar-refractivity contribution in [2.45, 2.75) is 11.9 Å². The predicted octanol–water partition coefficient (Wildman–Crippen LogP) is 4.46. The van der Waals surface area contributed by atoms with E-state index in [9.17, 15) is 18.4 Å². The molecule has 0 saturated carbocycles. The van der Waals surface area contributed by atoms with Gasteiger partial charge < -0.3 is 0 Å². The summed E-state index contributed by atoms with van der Waals surface area (Å²) in [6.45, 7) is 1.89. The van der Waals surface area contributed by atoms with Crippen molar-refractivity contribution in [1.29, 1.82) is 0 Å². The first-order chi connectivity index (χ1) is 12.5. The zero-order valence-electron chi connectivity index (χ0n) is 13.9. The molecule has 0 bridgehead atoms. The maximum atomic E-state index is 14.1. The first kappa shape index (κ1) is 18.1. The summed E-state index contributed by atoms with van der Waals surface area (Å²) in [7, 11) is 0. The highest BCUT2D eigenvalue weighted by Crippen LogP contribution is 2.27. The third-order valence-electron chi connectivity index (χ3n) is 3.76. The van der Waals surface area contributed by atoms with Crippen molar-refractivity contribution < 1.29 is 13.6 Å². The molecule has 3 nitrogen and oxygen atoms in total. The Bertz CT molecular complexity index is 1020. The number of benzene rings is 2.